The summed E-state index contributed by atoms with van der Waals surface area (Å²) >= 11 is 0. The van der Waals surface area contributed by atoms with Crippen molar-refractivity contribution in [3.05, 3.63) is 29.2 Å². The zero-order chi connectivity index (χ0) is 6.97. The molecule has 0 unspecified atom stereocenters. The lowest BCUT2D eigenvalue weighted by Gasteiger charge is -1.84. The van der Waals surface area contributed by atoms with E-state index in [1.165, 1.54) is 0 Å². The van der Waals surface area contributed by atoms with Gasteiger partial charge in [-0.05, 0) is 6.07 Å². The first-order valence-electron chi connectivity index (χ1n) is 3.04. The fourth-order valence-electron chi connectivity index (χ4n) is 0.983. The number of hydrogen-bond donors (Lipinski definition) is 0. The number of nitroso groups, excluding NO2 is 1. The van der Waals surface area contributed by atoms with Crippen LogP contribution in [0.15, 0.2) is 24.3 Å². The standard InChI is InChI=1S/C7H6NO2/c9-8-5-10-7-4-2-1-3-6(7)8/h1-4H,5H2/q+1. The van der Waals surface area contributed by atoms with Crippen LogP contribution in [-0.2, 0) is 0 Å². The van der Waals surface area contributed by atoms with E-state index in [9.17, 15) is 4.91 Å². The van der Waals surface area contributed by atoms with Gasteiger partial charge in [0, 0.05) is 11.0 Å². The van der Waals surface area contributed by atoms with Crippen molar-refractivity contribution in [2.24, 2.45) is 0 Å². The highest BCUT2D eigenvalue weighted by atomic mass is 16.5. The Morgan fingerprint density at radius 1 is 1.40 bits per heavy atom. The number of rotatable bonds is 0. The summed E-state index contributed by atoms with van der Waals surface area (Å²) in [6, 6.07) is 7.19. The molecule has 0 bridgehead atoms. The van der Waals surface area contributed by atoms with Gasteiger partial charge < -0.3 is 4.74 Å². The number of hydrogen-bond acceptors (Lipinski definition) is 2. The molecule has 1 aromatic rings. The zero-order valence-electron chi connectivity index (χ0n) is 5.28. The maximum Gasteiger partial charge on any atom is 0.341 e. The number of nitrogens with zero attached hydrogens (tertiary/aromatic N) is 1. The molecule has 0 aliphatic carbocycles. The summed E-state index contributed by atoms with van der Waals surface area (Å²) in [6.07, 6.45) is 0. The Hall–Kier alpha value is -1.38. The monoisotopic (exact) mass is 136 g/mol. The van der Waals surface area contributed by atoms with Gasteiger partial charge >= 0.3 is 12.4 Å². The van der Waals surface area contributed by atoms with Crippen LogP contribution in [0.3, 0.4) is 0 Å². The predicted octanol–water partition coefficient (Wildman–Crippen LogP) is 1.45. The van der Waals surface area contributed by atoms with Gasteiger partial charge in [0.15, 0.2) is 0 Å². The topological polar surface area (TPSA) is 29.3 Å². The van der Waals surface area contributed by atoms with E-state index in [-0.39, 0.29) is 6.73 Å². The van der Waals surface area contributed by atoms with Gasteiger partial charge in [0.25, 0.3) is 0 Å². The van der Waals surface area contributed by atoms with Crippen molar-refractivity contribution < 1.29 is 9.50 Å². The van der Waals surface area contributed by atoms with Crippen LogP contribution in [0.25, 0.3) is 0 Å². The molecule has 0 saturated carbocycles. The Kier molecular flexibility index (Phi) is 0.974. The fourth-order valence-corrected chi connectivity index (χ4v) is 0.983. The van der Waals surface area contributed by atoms with Crippen LogP contribution >= 0.6 is 0 Å². The minimum Gasteiger partial charge on any atom is -0.425 e. The third kappa shape index (κ3) is 0.603. The summed E-state index contributed by atoms with van der Waals surface area (Å²) in [6.45, 7) is 0.124. The van der Waals surface area contributed by atoms with Gasteiger partial charge in [-0.15, -0.1) is 0 Å². The van der Waals surface area contributed by atoms with E-state index in [0.29, 0.717) is 11.4 Å². The largest absolute Gasteiger partial charge is 0.425 e. The Bertz CT molecular complexity index is 283. The van der Waals surface area contributed by atoms with Crippen molar-refractivity contribution in [2.75, 3.05) is 6.73 Å². The van der Waals surface area contributed by atoms with E-state index in [4.69, 9.17) is 4.74 Å². The molecule has 1 aliphatic heterocycles. The van der Waals surface area contributed by atoms with E-state index in [1.807, 2.05) is 12.1 Å². The summed E-state index contributed by atoms with van der Waals surface area (Å²) in [4.78, 5) is 10.9. The third-order valence-electron chi connectivity index (χ3n) is 1.47. The van der Waals surface area contributed by atoms with Gasteiger partial charge in [0.05, 0.1) is 4.76 Å². The van der Waals surface area contributed by atoms with Gasteiger partial charge in [-0.25, -0.2) is 0 Å². The molecule has 1 heterocycles. The highest BCUT2D eigenvalue weighted by Gasteiger charge is 2.27. The highest BCUT2D eigenvalue weighted by Crippen LogP contribution is 2.30. The van der Waals surface area contributed by atoms with Gasteiger partial charge in [-0.1, -0.05) is 12.1 Å². The van der Waals surface area contributed by atoms with Crippen LogP contribution < -0.4 is 4.74 Å². The molecule has 0 aromatic heterocycles. The van der Waals surface area contributed by atoms with Crippen LogP contribution in [-0.4, -0.2) is 11.5 Å². The second kappa shape index (κ2) is 1.80. The third-order valence-corrected chi connectivity index (χ3v) is 1.47. The van der Waals surface area contributed by atoms with Crippen LogP contribution in [0.2, 0.25) is 0 Å². The molecule has 50 valence electrons. The van der Waals surface area contributed by atoms with E-state index >= 15 is 0 Å². The summed E-state index contributed by atoms with van der Waals surface area (Å²) in [7, 11) is 0. The summed E-state index contributed by atoms with van der Waals surface area (Å²) in [5.41, 5.74) is 0.627. The smallest absolute Gasteiger partial charge is 0.341 e. The zero-order valence-corrected chi connectivity index (χ0v) is 5.28. The molecule has 1 aliphatic rings. The normalized spacial score (nSPS) is 14.6. The van der Waals surface area contributed by atoms with E-state index in [0.717, 1.165) is 4.76 Å². The molecule has 0 N–H and O–H groups in total. The molecule has 3 nitrogen and oxygen atoms in total. The number of fused-ring (bicyclic) bond motifs is 1. The quantitative estimate of drug-likeness (QED) is 0.505. The molecular formula is C7H6NO2+. The molecule has 10 heavy (non-hydrogen) atoms. The lowest BCUT2D eigenvalue weighted by atomic mass is 10.3. The Morgan fingerprint density at radius 3 is 3.00 bits per heavy atom. The Morgan fingerprint density at radius 2 is 2.20 bits per heavy atom. The van der Waals surface area contributed by atoms with Gasteiger partial charge in [-0.2, -0.15) is 0 Å². The summed E-state index contributed by atoms with van der Waals surface area (Å²) in [5.74, 6) is 0.678. The minimum absolute atomic E-state index is 0.124. The predicted molar refractivity (Wildman–Crippen MR) is 35.2 cm³/mol. The molecule has 1 aromatic carbocycles. The molecule has 0 amide bonds. The molecule has 0 saturated heterocycles. The van der Waals surface area contributed by atoms with E-state index in [2.05, 4.69) is 0 Å². The number of para-hydroxylation sites is 2. The maximum atomic E-state index is 10.9. The molecule has 0 fully saturated rings. The van der Waals surface area contributed by atoms with Crippen LogP contribution in [0.1, 0.15) is 0 Å². The van der Waals surface area contributed by atoms with Crippen molar-refractivity contribution in [3.8, 4) is 5.75 Å². The SMILES string of the molecule is O=[N+]1COc2ccccc21. The lowest BCUT2D eigenvalue weighted by Crippen LogP contribution is -1.98. The van der Waals surface area contributed by atoms with E-state index in [1.54, 1.807) is 12.1 Å². The lowest BCUT2D eigenvalue weighted by molar-refractivity contribution is -0.479. The second-order valence-electron chi connectivity index (χ2n) is 2.12. The number of ether oxygens (including phenoxy) is 1. The molecule has 2 rings (SSSR count). The maximum absolute atomic E-state index is 10.9. The molecule has 0 atom stereocenters. The van der Waals surface area contributed by atoms with Crippen LogP contribution in [0, 0.1) is 4.91 Å². The van der Waals surface area contributed by atoms with Gasteiger partial charge in [0.2, 0.25) is 5.75 Å². The Labute approximate surface area is 57.8 Å². The molecular weight excluding hydrogens is 130 g/mol. The molecule has 3 heteroatoms. The van der Waals surface area contributed by atoms with Crippen LogP contribution in [0.5, 0.6) is 5.75 Å². The van der Waals surface area contributed by atoms with Crippen molar-refractivity contribution >= 4 is 5.69 Å². The van der Waals surface area contributed by atoms with Crippen molar-refractivity contribution in [1.82, 2.24) is 0 Å². The van der Waals surface area contributed by atoms with Crippen molar-refractivity contribution in [2.45, 2.75) is 0 Å². The highest BCUT2D eigenvalue weighted by molar-refractivity contribution is 5.46. The van der Waals surface area contributed by atoms with Gasteiger partial charge in [-0.3, -0.25) is 0 Å². The Balaban J connectivity index is 2.61. The first-order valence-corrected chi connectivity index (χ1v) is 3.04. The van der Waals surface area contributed by atoms with Crippen molar-refractivity contribution in [1.29, 1.82) is 0 Å². The summed E-state index contributed by atoms with van der Waals surface area (Å²) < 4.78 is 5.85. The van der Waals surface area contributed by atoms with Gasteiger partial charge in [0.1, 0.15) is 0 Å². The van der Waals surface area contributed by atoms with Crippen LogP contribution in [0.4, 0.5) is 5.69 Å². The van der Waals surface area contributed by atoms with Crippen molar-refractivity contribution in [3.63, 3.8) is 0 Å². The average molecular weight is 136 g/mol. The van der Waals surface area contributed by atoms with E-state index < -0.39 is 0 Å². The first kappa shape index (κ1) is 5.41. The second-order valence-corrected chi connectivity index (χ2v) is 2.12. The first-order chi connectivity index (χ1) is 4.88. The molecule has 0 spiro atoms. The average Bonchev–Trinajstić information content (AvgIpc) is 2.34. The summed E-state index contributed by atoms with van der Waals surface area (Å²) in [5, 5.41) is 0. The molecule has 0 radical (unpaired) electrons. The fraction of sp³-hybridized carbons (Fsp3) is 0.143. The number of benzene rings is 1. The minimum atomic E-state index is 0.124.